The van der Waals surface area contributed by atoms with Crippen molar-refractivity contribution >= 4 is 51.7 Å². The molecular weight excluding hydrogens is 393 g/mol. The summed E-state index contributed by atoms with van der Waals surface area (Å²) >= 11 is 11.0. The van der Waals surface area contributed by atoms with Gasteiger partial charge in [0.1, 0.15) is 5.82 Å². The predicted octanol–water partition coefficient (Wildman–Crippen LogP) is 6.83. The van der Waals surface area contributed by atoms with Crippen LogP contribution in [0.25, 0.3) is 0 Å². The highest BCUT2D eigenvalue weighted by Gasteiger charge is 2.12. The largest absolute Gasteiger partial charge is 0.339 e. The molecule has 3 rings (SSSR count). The quantitative estimate of drug-likeness (QED) is 0.448. The van der Waals surface area contributed by atoms with Crippen LogP contribution in [0, 0.1) is 5.82 Å². The van der Waals surface area contributed by atoms with Crippen molar-refractivity contribution in [2.45, 2.75) is 19.9 Å². The molecule has 0 aliphatic rings. The summed E-state index contributed by atoms with van der Waals surface area (Å²) < 4.78 is 13.5. The molecule has 144 valence electrons. The van der Waals surface area contributed by atoms with Gasteiger partial charge in [-0.05, 0) is 80.7 Å². The van der Waals surface area contributed by atoms with Gasteiger partial charge < -0.3 is 15.5 Å². The Balaban J connectivity index is 1.69. The molecule has 3 aromatic carbocycles. The molecule has 0 heterocycles. The van der Waals surface area contributed by atoms with Gasteiger partial charge in [-0.3, -0.25) is 0 Å². The molecule has 0 aliphatic carbocycles. The van der Waals surface area contributed by atoms with Gasteiger partial charge in [0.2, 0.25) is 0 Å². The van der Waals surface area contributed by atoms with Crippen molar-refractivity contribution in [3.8, 4) is 0 Å². The first-order chi connectivity index (χ1) is 13.4. The highest BCUT2D eigenvalue weighted by Crippen LogP contribution is 2.28. The second-order valence-electron chi connectivity index (χ2n) is 6.55. The smallest absolute Gasteiger partial charge is 0.175 e. The SMILES string of the molecule is CC(C)N(c1ccccc1)c1ccc(NC(=S)Nc2ccc(Cl)c(F)c2)cc1. The standard InChI is InChI=1S/C22H21ClFN3S/c1-15(2)27(18-6-4-3-5-7-18)19-11-8-16(9-12-19)25-22(28)26-17-10-13-20(23)21(24)14-17/h3-15H,1-2H3,(H2,25,26,28). The van der Waals surface area contributed by atoms with E-state index in [0.29, 0.717) is 16.8 Å². The fourth-order valence-electron chi connectivity index (χ4n) is 2.91. The third kappa shape index (κ3) is 5.00. The Morgan fingerprint density at radius 1 is 0.893 bits per heavy atom. The van der Waals surface area contributed by atoms with Gasteiger partial charge >= 0.3 is 0 Å². The van der Waals surface area contributed by atoms with Gasteiger partial charge in [-0.25, -0.2) is 4.39 Å². The fraction of sp³-hybridized carbons (Fsp3) is 0.136. The fourth-order valence-corrected chi connectivity index (χ4v) is 3.26. The molecule has 0 unspecified atom stereocenters. The summed E-state index contributed by atoms with van der Waals surface area (Å²) in [6.45, 7) is 4.31. The van der Waals surface area contributed by atoms with Gasteiger partial charge in [-0.1, -0.05) is 29.8 Å². The molecule has 6 heteroatoms. The normalized spacial score (nSPS) is 10.6. The highest BCUT2D eigenvalue weighted by molar-refractivity contribution is 7.80. The number of hydrogen-bond acceptors (Lipinski definition) is 2. The summed E-state index contributed by atoms with van der Waals surface area (Å²) in [5.41, 5.74) is 3.60. The number of anilines is 4. The zero-order valence-electron chi connectivity index (χ0n) is 15.6. The van der Waals surface area contributed by atoms with E-state index >= 15 is 0 Å². The van der Waals surface area contributed by atoms with E-state index in [-0.39, 0.29) is 5.02 Å². The van der Waals surface area contributed by atoms with Gasteiger partial charge in [0.15, 0.2) is 5.11 Å². The Morgan fingerprint density at radius 3 is 2.07 bits per heavy atom. The zero-order chi connectivity index (χ0) is 20.1. The molecule has 0 bridgehead atoms. The summed E-state index contributed by atoms with van der Waals surface area (Å²) in [7, 11) is 0. The minimum Gasteiger partial charge on any atom is -0.339 e. The van der Waals surface area contributed by atoms with Crippen LogP contribution in [0.4, 0.5) is 27.1 Å². The monoisotopic (exact) mass is 413 g/mol. The lowest BCUT2D eigenvalue weighted by Gasteiger charge is -2.29. The lowest BCUT2D eigenvalue weighted by molar-refractivity contribution is 0.629. The van der Waals surface area contributed by atoms with E-state index in [4.69, 9.17) is 23.8 Å². The molecule has 0 amide bonds. The molecule has 0 atom stereocenters. The lowest BCUT2D eigenvalue weighted by atomic mass is 10.2. The van der Waals surface area contributed by atoms with Crippen LogP contribution < -0.4 is 15.5 Å². The molecule has 0 radical (unpaired) electrons. The molecule has 0 aromatic heterocycles. The highest BCUT2D eigenvalue weighted by atomic mass is 35.5. The van der Waals surface area contributed by atoms with Crippen molar-refractivity contribution in [1.29, 1.82) is 0 Å². The summed E-state index contributed by atoms with van der Waals surface area (Å²) in [5.74, 6) is -0.492. The number of para-hydroxylation sites is 1. The lowest BCUT2D eigenvalue weighted by Crippen LogP contribution is -2.25. The number of thiocarbonyl (C=S) groups is 1. The van der Waals surface area contributed by atoms with Crippen molar-refractivity contribution in [1.82, 2.24) is 0 Å². The molecule has 2 N–H and O–H groups in total. The van der Waals surface area contributed by atoms with E-state index in [1.54, 1.807) is 6.07 Å². The van der Waals surface area contributed by atoms with Gasteiger partial charge in [0.05, 0.1) is 5.02 Å². The summed E-state index contributed by atoms with van der Waals surface area (Å²) in [6, 6.07) is 23.0. The van der Waals surface area contributed by atoms with Gasteiger partial charge in [-0.2, -0.15) is 0 Å². The molecular formula is C22H21ClFN3S. The average Bonchev–Trinajstić information content (AvgIpc) is 2.67. The molecule has 3 nitrogen and oxygen atoms in total. The Kier molecular flexibility index (Phi) is 6.49. The first kappa shape index (κ1) is 20.1. The second-order valence-corrected chi connectivity index (χ2v) is 7.37. The van der Waals surface area contributed by atoms with Crippen molar-refractivity contribution in [3.63, 3.8) is 0 Å². The number of hydrogen-bond donors (Lipinski definition) is 2. The van der Waals surface area contributed by atoms with Gasteiger partial charge in [-0.15, -0.1) is 0 Å². The molecule has 0 aliphatic heterocycles. The molecule has 28 heavy (non-hydrogen) atoms. The summed E-state index contributed by atoms with van der Waals surface area (Å²) in [5, 5.41) is 6.51. The summed E-state index contributed by atoms with van der Waals surface area (Å²) in [4.78, 5) is 2.26. The van der Waals surface area contributed by atoms with Gasteiger partial charge in [0.25, 0.3) is 0 Å². The molecule has 0 spiro atoms. The Hall–Kier alpha value is -2.63. The van der Waals surface area contributed by atoms with Crippen molar-refractivity contribution in [3.05, 3.63) is 83.6 Å². The average molecular weight is 414 g/mol. The molecule has 0 fully saturated rings. The van der Waals surface area contributed by atoms with E-state index in [0.717, 1.165) is 17.1 Å². The van der Waals surface area contributed by atoms with Crippen molar-refractivity contribution in [2.75, 3.05) is 15.5 Å². The van der Waals surface area contributed by atoms with Crippen molar-refractivity contribution < 1.29 is 4.39 Å². The Bertz CT molecular complexity index is 946. The topological polar surface area (TPSA) is 27.3 Å². The van der Waals surface area contributed by atoms with E-state index in [1.165, 1.54) is 12.1 Å². The Labute approximate surface area is 175 Å². The van der Waals surface area contributed by atoms with Crippen molar-refractivity contribution in [2.24, 2.45) is 0 Å². The van der Waals surface area contributed by atoms with E-state index < -0.39 is 5.82 Å². The van der Waals surface area contributed by atoms with Crippen LogP contribution in [-0.2, 0) is 0 Å². The molecule has 3 aromatic rings. The van der Waals surface area contributed by atoms with Crippen LogP contribution in [0.5, 0.6) is 0 Å². The third-order valence-electron chi connectivity index (χ3n) is 4.13. The van der Waals surface area contributed by atoms with E-state index in [2.05, 4.69) is 41.5 Å². The zero-order valence-corrected chi connectivity index (χ0v) is 17.2. The molecule has 0 saturated heterocycles. The maximum absolute atomic E-state index is 13.5. The van der Waals surface area contributed by atoms with Crippen LogP contribution in [-0.4, -0.2) is 11.2 Å². The van der Waals surface area contributed by atoms with Gasteiger partial charge in [0, 0.05) is 28.8 Å². The first-order valence-electron chi connectivity index (χ1n) is 8.91. The first-order valence-corrected chi connectivity index (χ1v) is 9.70. The number of nitrogens with zero attached hydrogens (tertiary/aromatic N) is 1. The number of nitrogens with one attached hydrogen (secondary N) is 2. The number of benzene rings is 3. The van der Waals surface area contributed by atoms with E-state index in [9.17, 15) is 4.39 Å². The van der Waals surface area contributed by atoms with Crippen LogP contribution in [0.1, 0.15) is 13.8 Å². The number of rotatable bonds is 5. The van der Waals surface area contributed by atoms with Crippen LogP contribution >= 0.6 is 23.8 Å². The maximum atomic E-state index is 13.5. The van der Waals surface area contributed by atoms with Crippen LogP contribution in [0.2, 0.25) is 5.02 Å². The molecule has 0 saturated carbocycles. The minimum absolute atomic E-state index is 0.0770. The Morgan fingerprint density at radius 2 is 1.46 bits per heavy atom. The number of halogens is 2. The third-order valence-corrected chi connectivity index (χ3v) is 4.64. The second kappa shape index (κ2) is 9.04. The minimum atomic E-state index is -0.492. The predicted molar refractivity (Wildman–Crippen MR) is 121 cm³/mol. The summed E-state index contributed by atoms with van der Waals surface area (Å²) in [6.07, 6.45) is 0. The van der Waals surface area contributed by atoms with Crippen LogP contribution in [0.3, 0.4) is 0 Å². The van der Waals surface area contributed by atoms with Crippen LogP contribution in [0.15, 0.2) is 72.8 Å². The maximum Gasteiger partial charge on any atom is 0.175 e. The van der Waals surface area contributed by atoms with E-state index in [1.807, 2.05) is 42.5 Å².